The maximum atomic E-state index is 3.54. The Balaban J connectivity index is 2.28. The largest absolute Gasteiger partial charge is 0.373 e. The summed E-state index contributed by atoms with van der Waals surface area (Å²) < 4.78 is 0. The van der Waals surface area contributed by atoms with Gasteiger partial charge in [0.1, 0.15) is 0 Å². The van der Waals surface area contributed by atoms with Crippen LogP contribution in [0.5, 0.6) is 0 Å². The van der Waals surface area contributed by atoms with E-state index in [-0.39, 0.29) is 0 Å². The zero-order chi connectivity index (χ0) is 12.0. The lowest BCUT2D eigenvalue weighted by molar-refractivity contribution is 0.431. The van der Waals surface area contributed by atoms with E-state index in [2.05, 4.69) is 68.4 Å². The van der Waals surface area contributed by atoms with Crippen molar-refractivity contribution >= 4 is 5.69 Å². The monoisotopic (exact) mass is 220 g/mol. The van der Waals surface area contributed by atoms with Crippen molar-refractivity contribution in [3.8, 4) is 0 Å². The Kier molecular flexibility index (Phi) is 5.33. The molecule has 90 valence electrons. The van der Waals surface area contributed by atoms with Crippen molar-refractivity contribution in [1.82, 2.24) is 5.32 Å². The number of hydrogen-bond donors (Lipinski definition) is 1. The number of nitrogens with zero attached hydrogens (tertiary/aromatic N) is 1. The van der Waals surface area contributed by atoms with Gasteiger partial charge < -0.3 is 10.2 Å². The molecule has 0 amide bonds. The molecule has 0 aliphatic rings. The zero-order valence-corrected chi connectivity index (χ0v) is 10.9. The third-order valence-corrected chi connectivity index (χ3v) is 3.11. The van der Waals surface area contributed by atoms with Crippen LogP contribution in [0.15, 0.2) is 30.3 Å². The van der Waals surface area contributed by atoms with E-state index in [4.69, 9.17) is 0 Å². The number of likely N-dealkylation sites (N-methyl/N-ethyl adjacent to an activating group) is 1. The molecule has 0 saturated heterocycles. The highest BCUT2D eigenvalue weighted by atomic mass is 15.1. The molecule has 0 heterocycles. The van der Waals surface area contributed by atoms with E-state index in [1.54, 1.807) is 0 Å². The van der Waals surface area contributed by atoms with Crippen molar-refractivity contribution in [2.75, 3.05) is 25.0 Å². The summed E-state index contributed by atoms with van der Waals surface area (Å²) in [4.78, 5) is 2.28. The van der Waals surface area contributed by atoms with Crippen LogP contribution in [0.4, 0.5) is 5.69 Å². The van der Waals surface area contributed by atoms with Crippen molar-refractivity contribution < 1.29 is 0 Å². The van der Waals surface area contributed by atoms with Gasteiger partial charge in [-0.1, -0.05) is 32.0 Å². The van der Waals surface area contributed by atoms with Gasteiger partial charge in [0.15, 0.2) is 0 Å². The molecule has 1 aromatic rings. The minimum absolute atomic E-state index is 0.587. The minimum atomic E-state index is 0.587. The number of hydrogen-bond acceptors (Lipinski definition) is 2. The fraction of sp³-hybridized carbons (Fsp3) is 0.571. The smallest absolute Gasteiger partial charge is 0.0364 e. The summed E-state index contributed by atoms with van der Waals surface area (Å²) in [7, 11) is 2.14. The van der Waals surface area contributed by atoms with Crippen molar-refractivity contribution in [1.29, 1.82) is 0 Å². The Morgan fingerprint density at radius 3 is 2.31 bits per heavy atom. The standard InChI is InChI=1S/C14H24N2/c1-12(2)13(3)15-10-11-16(4)14-8-6-5-7-9-14/h5-9,12-13,15H,10-11H2,1-4H3. The average molecular weight is 220 g/mol. The van der Waals surface area contributed by atoms with Gasteiger partial charge in [0.05, 0.1) is 0 Å². The second kappa shape index (κ2) is 6.54. The summed E-state index contributed by atoms with van der Waals surface area (Å²) in [6.07, 6.45) is 0. The summed E-state index contributed by atoms with van der Waals surface area (Å²) >= 11 is 0. The van der Waals surface area contributed by atoms with Crippen LogP contribution in [0, 0.1) is 5.92 Å². The van der Waals surface area contributed by atoms with Crippen LogP contribution in [-0.2, 0) is 0 Å². The van der Waals surface area contributed by atoms with Crippen molar-refractivity contribution in [3.63, 3.8) is 0 Å². The van der Waals surface area contributed by atoms with Crippen LogP contribution >= 0.6 is 0 Å². The van der Waals surface area contributed by atoms with Gasteiger partial charge in [0.2, 0.25) is 0 Å². The van der Waals surface area contributed by atoms with Gasteiger partial charge in [-0.25, -0.2) is 0 Å². The molecular weight excluding hydrogens is 196 g/mol. The summed E-state index contributed by atoms with van der Waals surface area (Å²) in [6.45, 7) is 8.82. The molecule has 1 rings (SSSR count). The molecule has 0 saturated carbocycles. The van der Waals surface area contributed by atoms with E-state index in [0.717, 1.165) is 13.1 Å². The molecule has 16 heavy (non-hydrogen) atoms. The molecule has 2 heteroatoms. The SMILES string of the molecule is CC(C)C(C)NCCN(C)c1ccccc1. The van der Waals surface area contributed by atoms with Gasteiger partial charge in [-0.3, -0.25) is 0 Å². The molecule has 1 N–H and O–H groups in total. The first-order chi connectivity index (χ1) is 7.61. The summed E-state index contributed by atoms with van der Waals surface area (Å²) in [5.74, 6) is 0.696. The molecule has 1 unspecified atom stereocenters. The number of benzene rings is 1. The number of para-hydroxylation sites is 1. The topological polar surface area (TPSA) is 15.3 Å². The highest BCUT2D eigenvalue weighted by molar-refractivity contribution is 5.44. The maximum Gasteiger partial charge on any atom is 0.0364 e. The van der Waals surface area contributed by atoms with Gasteiger partial charge in [-0.05, 0) is 25.0 Å². The third-order valence-electron chi connectivity index (χ3n) is 3.11. The second-order valence-corrected chi connectivity index (χ2v) is 4.74. The molecule has 2 nitrogen and oxygen atoms in total. The predicted molar refractivity (Wildman–Crippen MR) is 72.0 cm³/mol. The lowest BCUT2D eigenvalue weighted by atomic mass is 10.1. The molecule has 1 atom stereocenters. The average Bonchev–Trinajstić information content (AvgIpc) is 2.29. The number of rotatable bonds is 6. The van der Waals surface area contributed by atoms with Gasteiger partial charge >= 0.3 is 0 Å². The van der Waals surface area contributed by atoms with E-state index in [9.17, 15) is 0 Å². The number of nitrogens with one attached hydrogen (secondary N) is 1. The van der Waals surface area contributed by atoms with E-state index >= 15 is 0 Å². The first-order valence-corrected chi connectivity index (χ1v) is 6.11. The minimum Gasteiger partial charge on any atom is -0.373 e. The van der Waals surface area contributed by atoms with Crippen LogP contribution in [-0.4, -0.2) is 26.2 Å². The van der Waals surface area contributed by atoms with Gasteiger partial charge in [-0.15, -0.1) is 0 Å². The third kappa shape index (κ3) is 4.23. The van der Waals surface area contributed by atoms with Crippen LogP contribution in [0.1, 0.15) is 20.8 Å². The lowest BCUT2D eigenvalue weighted by Gasteiger charge is -2.22. The molecule has 0 aliphatic heterocycles. The van der Waals surface area contributed by atoms with E-state index in [1.165, 1.54) is 5.69 Å². The molecule has 0 aliphatic carbocycles. The van der Waals surface area contributed by atoms with Crippen LogP contribution in [0.25, 0.3) is 0 Å². The zero-order valence-electron chi connectivity index (χ0n) is 10.9. The van der Waals surface area contributed by atoms with Gasteiger partial charge in [0, 0.05) is 31.9 Å². The molecule has 1 aromatic carbocycles. The molecule has 0 radical (unpaired) electrons. The molecule has 0 fully saturated rings. The van der Waals surface area contributed by atoms with Crippen molar-refractivity contribution in [2.24, 2.45) is 5.92 Å². The summed E-state index contributed by atoms with van der Waals surface area (Å²) in [5.41, 5.74) is 1.28. The van der Waals surface area contributed by atoms with Crippen LogP contribution in [0.3, 0.4) is 0 Å². The van der Waals surface area contributed by atoms with Crippen molar-refractivity contribution in [2.45, 2.75) is 26.8 Å². The summed E-state index contributed by atoms with van der Waals surface area (Å²) in [5, 5.41) is 3.54. The first kappa shape index (κ1) is 13.0. The Labute approximate surface area is 99.7 Å². The quantitative estimate of drug-likeness (QED) is 0.793. The highest BCUT2D eigenvalue weighted by Gasteiger charge is 2.06. The lowest BCUT2D eigenvalue weighted by Crippen LogP contribution is -2.36. The van der Waals surface area contributed by atoms with Crippen LogP contribution in [0.2, 0.25) is 0 Å². The highest BCUT2D eigenvalue weighted by Crippen LogP contribution is 2.09. The molecule has 0 aromatic heterocycles. The molecule has 0 bridgehead atoms. The Morgan fingerprint density at radius 2 is 1.75 bits per heavy atom. The fourth-order valence-electron chi connectivity index (χ4n) is 1.51. The van der Waals surface area contributed by atoms with Gasteiger partial charge in [0.25, 0.3) is 0 Å². The fourth-order valence-corrected chi connectivity index (χ4v) is 1.51. The van der Waals surface area contributed by atoms with E-state index in [0.29, 0.717) is 12.0 Å². The van der Waals surface area contributed by atoms with Crippen LogP contribution < -0.4 is 10.2 Å². The summed E-state index contributed by atoms with van der Waals surface area (Å²) in [6, 6.07) is 11.1. The predicted octanol–water partition coefficient (Wildman–Crippen LogP) is 2.76. The van der Waals surface area contributed by atoms with E-state index in [1.807, 2.05) is 0 Å². The van der Waals surface area contributed by atoms with Gasteiger partial charge in [-0.2, -0.15) is 0 Å². The maximum absolute atomic E-state index is 3.54. The Hall–Kier alpha value is -1.02. The van der Waals surface area contributed by atoms with Crippen molar-refractivity contribution in [3.05, 3.63) is 30.3 Å². The Morgan fingerprint density at radius 1 is 1.12 bits per heavy atom. The van der Waals surface area contributed by atoms with E-state index < -0.39 is 0 Å². The molecule has 0 spiro atoms. The second-order valence-electron chi connectivity index (χ2n) is 4.74. The Bertz CT molecular complexity index is 282. The molecular formula is C14H24N2. The first-order valence-electron chi connectivity index (χ1n) is 6.11. The normalized spacial score (nSPS) is 12.8. The number of anilines is 1.